The molecule has 0 bridgehead atoms. The molecule has 5 nitrogen and oxygen atoms in total. The lowest BCUT2D eigenvalue weighted by atomic mass is 10.2. The van der Waals surface area contributed by atoms with Gasteiger partial charge in [0.2, 0.25) is 5.91 Å². The van der Waals surface area contributed by atoms with Gasteiger partial charge in [-0.1, -0.05) is 12.1 Å². The van der Waals surface area contributed by atoms with Crippen LogP contribution in [0.15, 0.2) is 36.4 Å². The number of urea groups is 1. The molecule has 0 spiro atoms. The third kappa shape index (κ3) is 4.39. The maximum atomic E-state index is 12.2. The molecular formula is C19H23N3O2S. The molecule has 132 valence electrons. The first-order chi connectivity index (χ1) is 12.0. The number of nitrogens with zero attached hydrogens (tertiary/aromatic N) is 2. The van der Waals surface area contributed by atoms with Gasteiger partial charge in [-0.05, 0) is 43.2 Å². The predicted molar refractivity (Wildman–Crippen MR) is 101 cm³/mol. The molecule has 0 atom stereocenters. The van der Waals surface area contributed by atoms with E-state index in [0.29, 0.717) is 19.5 Å². The fraction of sp³-hybridized carbons (Fsp3) is 0.368. The molecule has 0 unspecified atom stereocenters. The summed E-state index contributed by atoms with van der Waals surface area (Å²) in [7, 11) is 1.80. The van der Waals surface area contributed by atoms with E-state index in [1.54, 1.807) is 23.3 Å². The van der Waals surface area contributed by atoms with Crippen molar-refractivity contribution in [3.05, 3.63) is 51.7 Å². The van der Waals surface area contributed by atoms with Crippen molar-refractivity contribution >= 4 is 29.0 Å². The second-order valence-corrected chi connectivity index (χ2v) is 7.71. The summed E-state index contributed by atoms with van der Waals surface area (Å²) in [6.07, 6.45) is 1.56. The summed E-state index contributed by atoms with van der Waals surface area (Å²) in [4.78, 5) is 29.9. The number of carbonyl (C=O) groups is 2. The van der Waals surface area contributed by atoms with Crippen LogP contribution in [0.25, 0.3) is 0 Å². The van der Waals surface area contributed by atoms with E-state index in [2.05, 4.69) is 24.4 Å². The van der Waals surface area contributed by atoms with Crippen LogP contribution in [0.3, 0.4) is 0 Å². The number of hydrogen-bond donors (Lipinski definition) is 1. The van der Waals surface area contributed by atoms with E-state index < -0.39 is 0 Å². The van der Waals surface area contributed by atoms with Gasteiger partial charge in [-0.2, -0.15) is 0 Å². The number of rotatable bonds is 5. The topological polar surface area (TPSA) is 52.7 Å². The Morgan fingerprint density at radius 3 is 2.60 bits per heavy atom. The molecular weight excluding hydrogens is 334 g/mol. The standard InChI is InChI=1S/C19H23N3O2S/c1-14-5-10-17(25-14)13-21(2)19(24)20-12-15-6-8-16(9-7-15)22-11-3-4-18(22)23/h5-10H,3-4,11-13H2,1-2H3,(H,20,24). The highest BCUT2D eigenvalue weighted by atomic mass is 32.1. The van der Waals surface area contributed by atoms with Crippen molar-refractivity contribution in [1.29, 1.82) is 0 Å². The van der Waals surface area contributed by atoms with Crippen LogP contribution in [0.2, 0.25) is 0 Å². The summed E-state index contributed by atoms with van der Waals surface area (Å²) in [6.45, 7) is 3.94. The Bertz CT molecular complexity index is 754. The van der Waals surface area contributed by atoms with Gasteiger partial charge in [0.15, 0.2) is 0 Å². The molecule has 1 aliphatic heterocycles. The molecule has 3 amide bonds. The molecule has 2 aromatic rings. The summed E-state index contributed by atoms with van der Waals surface area (Å²) in [5, 5.41) is 2.93. The third-order valence-corrected chi connectivity index (χ3v) is 5.29. The van der Waals surface area contributed by atoms with Gasteiger partial charge >= 0.3 is 6.03 Å². The van der Waals surface area contributed by atoms with Gasteiger partial charge < -0.3 is 15.1 Å². The summed E-state index contributed by atoms with van der Waals surface area (Å²) >= 11 is 1.71. The quantitative estimate of drug-likeness (QED) is 0.890. The fourth-order valence-electron chi connectivity index (χ4n) is 2.90. The maximum absolute atomic E-state index is 12.2. The van der Waals surface area contributed by atoms with Crippen molar-refractivity contribution in [1.82, 2.24) is 10.2 Å². The number of nitrogens with one attached hydrogen (secondary N) is 1. The van der Waals surface area contributed by atoms with Crippen LogP contribution >= 0.6 is 11.3 Å². The minimum Gasteiger partial charge on any atom is -0.334 e. The minimum atomic E-state index is -0.0927. The van der Waals surface area contributed by atoms with Crippen LogP contribution in [-0.4, -0.2) is 30.4 Å². The molecule has 1 N–H and O–H groups in total. The maximum Gasteiger partial charge on any atom is 0.317 e. The average molecular weight is 357 g/mol. The van der Waals surface area contributed by atoms with Crippen molar-refractivity contribution < 1.29 is 9.59 Å². The van der Waals surface area contributed by atoms with Gasteiger partial charge in [-0.15, -0.1) is 11.3 Å². The van der Waals surface area contributed by atoms with Gasteiger partial charge in [0.05, 0.1) is 6.54 Å². The molecule has 3 rings (SSSR count). The zero-order valence-electron chi connectivity index (χ0n) is 14.6. The van der Waals surface area contributed by atoms with Crippen molar-refractivity contribution in [3.63, 3.8) is 0 Å². The van der Waals surface area contributed by atoms with Crippen LogP contribution < -0.4 is 10.2 Å². The Kier molecular flexibility index (Phi) is 5.38. The second kappa shape index (κ2) is 7.70. The number of benzene rings is 1. The number of thiophene rings is 1. The van der Waals surface area contributed by atoms with Gasteiger partial charge in [-0.3, -0.25) is 4.79 Å². The van der Waals surface area contributed by atoms with Crippen LogP contribution in [-0.2, 0) is 17.9 Å². The molecule has 1 saturated heterocycles. The number of anilines is 1. The van der Waals surface area contributed by atoms with Gasteiger partial charge in [0.25, 0.3) is 0 Å². The number of hydrogen-bond acceptors (Lipinski definition) is 3. The largest absolute Gasteiger partial charge is 0.334 e. The minimum absolute atomic E-state index is 0.0927. The first kappa shape index (κ1) is 17.5. The number of carbonyl (C=O) groups excluding carboxylic acids is 2. The lowest BCUT2D eigenvalue weighted by Crippen LogP contribution is -2.36. The van der Waals surface area contributed by atoms with E-state index in [4.69, 9.17) is 0 Å². The lowest BCUT2D eigenvalue weighted by molar-refractivity contribution is -0.117. The van der Waals surface area contributed by atoms with Crippen molar-refractivity contribution in [3.8, 4) is 0 Å². The average Bonchev–Trinajstić information content (AvgIpc) is 3.21. The zero-order valence-corrected chi connectivity index (χ0v) is 15.4. The first-order valence-electron chi connectivity index (χ1n) is 8.46. The predicted octanol–water partition coefficient (Wildman–Crippen LogP) is 3.52. The number of aryl methyl sites for hydroxylation is 1. The van der Waals surface area contributed by atoms with E-state index in [-0.39, 0.29) is 11.9 Å². The van der Waals surface area contributed by atoms with E-state index in [1.165, 1.54) is 9.75 Å². The van der Waals surface area contributed by atoms with Crippen molar-refractivity contribution in [2.24, 2.45) is 0 Å². The highest BCUT2D eigenvalue weighted by molar-refractivity contribution is 7.11. The summed E-state index contributed by atoms with van der Waals surface area (Å²) < 4.78 is 0. The fourth-order valence-corrected chi connectivity index (χ4v) is 3.85. The molecule has 25 heavy (non-hydrogen) atoms. The van der Waals surface area contributed by atoms with Gasteiger partial charge in [-0.25, -0.2) is 4.79 Å². The Balaban J connectivity index is 1.50. The Morgan fingerprint density at radius 2 is 2.00 bits per heavy atom. The molecule has 1 fully saturated rings. The van der Waals surface area contributed by atoms with Gasteiger partial charge in [0, 0.05) is 42.0 Å². The van der Waals surface area contributed by atoms with Crippen LogP contribution in [0, 0.1) is 6.92 Å². The molecule has 0 radical (unpaired) electrons. The van der Waals surface area contributed by atoms with E-state index in [1.807, 2.05) is 29.2 Å². The molecule has 0 saturated carbocycles. The molecule has 0 aliphatic carbocycles. The number of amides is 3. The molecule has 1 aromatic carbocycles. The summed E-state index contributed by atoms with van der Waals surface area (Å²) in [6, 6.07) is 11.9. The van der Waals surface area contributed by atoms with Crippen molar-refractivity contribution in [2.75, 3.05) is 18.5 Å². The normalized spacial score (nSPS) is 14.0. The van der Waals surface area contributed by atoms with Gasteiger partial charge in [0.1, 0.15) is 0 Å². The Morgan fingerprint density at radius 1 is 1.24 bits per heavy atom. The first-order valence-corrected chi connectivity index (χ1v) is 9.28. The third-order valence-electron chi connectivity index (χ3n) is 4.30. The van der Waals surface area contributed by atoms with Crippen LogP contribution in [0.5, 0.6) is 0 Å². The SMILES string of the molecule is Cc1ccc(CN(C)C(=O)NCc2ccc(N3CCCC3=O)cc2)s1. The smallest absolute Gasteiger partial charge is 0.317 e. The lowest BCUT2D eigenvalue weighted by Gasteiger charge is -2.18. The Labute approximate surface area is 152 Å². The summed E-state index contributed by atoms with van der Waals surface area (Å²) in [5.74, 6) is 0.187. The molecule has 1 aliphatic rings. The zero-order chi connectivity index (χ0) is 17.8. The van der Waals surface area contributed by atoms with Crippen LogP contribution in [0.4, 0.5) is 10.5 Å². The molecule has 1 aromatic heterocycles. The van der Waals surface area contributed by atoms with Crippen molar-refractivity contribution in [2.45, 2.75) is 32.9 Å². The highest BCUT2D eigenvalue weighted by Gasteiger charge is 2.21. The van der Waals surface area contributed by atoms with Crippen LogP contribution in [0.1, 0.15) is 28.2 Å². The summed E-state index contributed by atoms with van der Waals surface area (Å²) in [5.41, 5.74) is 1.95. The molecule has 6 heteroatoms. The van der Waals surface area contributed by atoms with E-state index >= 15 is 0 Å². The molecule has 2 heterocycles. The monoisotopic (exact) mass is 357 g/mol. The highest BCUT2D eigenvalue weighted by Crippen LogP contribution is 2.21. The Hall–Kier alpha value is -2.34. The van der Waals surface area contributed by atoms with E-state index in [0.717, 1.165) is 24.2 Å². The second-order valence-electron chi connectivity index (χ2n) is 6.34. The van der Waals surface area contributed by atoms with E-state index in [9.17, 15) is 9.59 Å².